The van der Waals surface area contributed by atoms with Gasteiger partial charge in [-0.25, -0.2) is 9.07 Å². The van der Waals surface area contributed by atoms with Crippen LogP contribution >= 0.6 is 11.6 Å². The predicted octanol–water partition coefficient (Wildman–Crippen LogP) is 3.92. The zero-order valence-electron chi connectivity index (χ0n) is 15.7. The Bertz CT molecular complexity index is 1140. The van der Waals surface area contributed by atoms with Crippen molar-refractivity contribution in [3.63, 3.8) is 0 Å². The number of carbonyl (C=O) groups excluding carboxylic acids is 1. The number of aromatic nitrogens is 3. The van der Waals surface area contributed by atoms with E-state index in [-0.39, 0.29) is 18.3 Å². The summed E-state index contributed by atoms with van der Waals surface area (Å²) in [7, 11) is 0. The lowest BCUT2D eigenvalue weighted by atomic mass is 10.1. The molecule has 0 fully saturated rings. The molecule has 0 aliphatic heterocycles. The number of benzene rings is 2. The number of nitrogens with zero attached hydrogens (tertiary/aromatic N) is 3. The monoisotopic (exact) mass is 424 g/mol. The van der Waals surface area contributed by atoms with E-state index in [2.05, 4.69) is 10.4 Å². The van der Waals surface area contributed by atoms with Crippen molar-refractivity contribution in [2.24, 2.45) is 0 Å². The molecule has 4 aromatic rings. The third-order valence-electron chi connectivity index (χ3n) is 4.62. The van der Waals surface area contributed by atoms with Gasteiger partial charge in [-0.05, 0) is 54.1 Å². The summed E-state index contributed by atoms with van der Waals surface area (Å²) in [5.74, 6) is -0.243. The number of hydrogen-bond donors (Lipinski definition) is 2. The van der Waals surface area contributed by atoms with Gasteiger partial charge in [-0.3, -0.25) is 4.79 Å². The highest BCUT2D eigenvalue weighted by Gasteiger charge is 2.20. The van der Waals surface area contributed by atoms with Gasteiger partial charge in [0.1, 0.15) is 11.4 Å². The quantitative estimate of drug-likeness (QED) is 0.493. The van der Waals surface area contributed by atoms with Crippen LogP contribution in [0, 0.1) is 5.82 Å². The number of carbonyl (C=O) groups is 1. The average molecular weight is 425 g/mol. The summed E-state index contributed by atoms with van der Waals surface area (Å²) in [6, 6.07) is 16.3. The molecular weight excluding hydrogens is 407 g/mol. The first-order valence-electron chi connectivity index (χ1n) is 9.22. The number of rotatable bonds is 6. The van der Waals surface area contributed by atoms with Crippen LogP contribution in [0.3, 0.4) is 0 Å². The maximum Gasteiger partial charge on any atom is 0.256 e. The maximum absolute atomic E-state index is 13.3. The second-order valence-corrected chi connectivity index (χ2v) is 7.07. The first kappa shape index (κ1) is 19.9. The van der Waals surface area contributed by atoms with Crippen LogP contribution in [-0.2, 0) is 0 Å². The molecule has 0 aliphatic carbocycles. The van der Waals surface area contributed by atoms with E-state index in [1.54, 1.807) is 58.0 Å². The van der Waals surface area contributed by atoms with Gasteiger partial charge in [0.25, 0.3) is 5.91 Å². The zero-order chi connectivity index (χ0) is 21.1. The molecule has 1 unspecified atom stereocenters. The molecule has 30 heavy (non-hydrogen) atoms. The fourth-order valence-electron chi connectivity index (χ4n) is 3.08. The van der Waals surface area contributed by atoms with E-state index in [1.165, 1.54) is 18.3 Å². The van der Waals surface area contributed by atoms with Crippen molar-refractivity contribution < 1.29 is 14.3 Å². The Morgan fingerprint density at radius 2 is 1.77 bits per heavy atom. The van der Waals surface area contributed by atoms with Crippen LogP contribution < -0.4 is 5.32 Å². The van der Waals surface area contributed by atoms with Gasteiger partial charge < -0.3 is 15.0 Å². The van der Waals surface area contributed by atoms with Crippen molar-refractivity contribution in [2.75, 3.05) is 6.54 Å². The molecule has 2 aromatic heterocycles. The first-order valence-corrected chi connectivity index (χ1v) is 9.60. The molecule has 8 heteroatoms. The fraction of sp³-hybridized carbons (Fsp3) is 0.0909. The molecular formula is C22H18ClFN4O2. The highest BCUT2D eigenvalue weighted by atomic mass is 35.5. The molecule has 0 spiro atoms. The molecule has 4 rings (SSSR count). The van der Waals surface area contributed by atoms with Gasteiger partial charge >= 0.3 is 0 Å². The number of aliphatic hydroxyl groups excluding tert-OH is 1. The van der Waals surface area contributed by atoms with Crippen LogP contribution in [0.4, 0.5) is 4.39 Å². The van der Waals surface area contributed by atoms with Crippen molar-refractivity contribution in [2.45, 2.75) is 6.10 Å². The van der Waals surface area contributed by atoms with E-state index in [9.17, 15) is 14.3 Å². The summed E-state index contributed by atoms with van der Waals surface area (Å²) in [4.78, 5) is 12.9. The maximum atomic E-state index is 13.3. The van der Waals surface area contributed by atoms with Crippen LogP contribution in [0.1, 0.15) is 22.0 Å². The van der Waals surface area contributed by atoms with E-state index in [0.717, 1.165) is 0 Å². The minimum Gasteiger partial charge on any atom is -0.387 e. The molecule has 0 radical (unpaired) electrons. The molecule has 1 amide bonds. The smallest absolute Gasteiger partial charge is 0.256 e. The topological polar surface area (TPSA) is 72.1 Å². The van der Waals surface area contributed by atoms with Crippen molar-refractivity contribution in [1.82, 2.24) is 19.7 Å². The summed E-state index contributed by atoms with van der Waals surface area (Å²) >= 11 is 5.87. The number of nitrogens with one attached hydrogen (secondary N) is 1. The van der Waals surface area contributed by atoms with Gasteiger partial charge in [0, 0.05) is 24.0 Å². The van der Waals surface area contributed by atoms with Crippen molar-refractivity contribution in [3.05, 3.63) is 101 Å². The van der Waals surface area contributed by atoms with Gasteiger partial charge in [-0.15, -0.1) is 0 Å². The Labute approximate surface area is 177 Å². The normalized spacial score (nSPS) is 12.0. The van der Waals surface area contributed by atoms with Crippen LogP contribution in [0.2, 0.25) is 5.02 Å². The molecule has 2 aromatic carbocycles. The Morgan fingerprint density at radius 1 is 1.10 bits per heavy atom. The molecule has 2 N–H and O–H groups in total. The van der Waals surface area contributed by atoms with E-state index in [1.807, 2.05) is 12.1 Å². The van der Waals surface area contributed by atoms with Gasteiger partial charge in [0.05, 0.1) is 18.0 Å². The fourth-order valence-corrected chi connectivity index (χ4v) is 3.21. The number of amides is 1. The molecule has 0 saturated carbocycles. The second-order valence-electron chi connectivity index (χ2n) is 6.64. The number of hydrogen-bond acceptors (Lipinski definition) is 3. The van der Waals surface area contributed by atoms with Crippen molar-refractivity contribution in [3.8, 4) is 11.5 Å². The lowest BCUT2D eigenvalue weighted by Gasteiger charge is -2.14. The highest BCUT2D eigenvalue weighted by Crippen LogP contribution is 2.21. The van der Waals surface area contributed by atoms with E-state index in [4.69, 9.17) is 11.6 Å². The van der Waals surface area contributed by atoms with Gasteiger partial charge in [-0.2, -0.15) is 5.10 Å². The molecule has 0 saturated heterocycles. The third kappa shape index (κ3) is 4.12. The zero-order valence-corrected chi connectivity index (χ0v) is 16.5. The third-order valence-corrected chi connectivity index (χ3v) is 4.87. The summed E-state index contributed by atoms with van der Waals surface area (Å²) in [6.45, 7) is 0.0211. The Hall–Kier alpha value is -3.42. The largest absolute Gasteiger partial charge is 0.387 e. The SMILES string of the molecule is O=C(NCC(O)c1ccc(Cl)cc1)c1cnn(-c2ccc(F)cc2)c1-n1cccc1. The Balaban J connectivity index is 1.59. The molecule has 0 aliphatic rings. The number of halogens is 2. The molecule has 1 atom stereocenters. The van der Waals surface area contributed by atoms with Crippen molar-refractivity contribution in [1.29, 1.82) is 0 Å². The summed E-state index contributed by atoms with van der Waals surface area (Å²) in [5.41, 5.74) is 1.58. The van der Waals surface area contributed by atoms with Crippen molar-refractivity contribution >= 4 is 17.5 Å². The van der Waals surface area contributed by atoms with Crippen LogP contribution in [-0.4, -0.2) is 31.9 Å². The minimum absolute atomic E-state index is 0.0211. The first-order chi connectivity index (χ1) is 14.5. The summed E-state index contributed by atoms with van der Waals surface area (Å²) in [5, 5.41) is 18.0. The molecule has 2 heterocycles. The molecule has 0 bridgehead atoms. The highest BCUT2D eigenvalue weighted by molar-refractivity contribution is 6.30. The second kappa shape index (κ2) is 8.52. The Morgan fingerprint density at radius 3 is 2.43 bits per heavy atom. The van der Waals surface area contributed by atoms with Crippen LogP contribution in [0.15, 0.2) is 79.3 Å². The van der Waals surface area contributed by atoms with E-state index >= 15 is 0 Å². The lowest BCUT2D eigenvalue weighted by molar-refractivity contribution is 0.0916. The standard InChI is InChI=1S/C22H18ClFN4O2/c23-16-5-3-15(4-6-16)20(29)14-25-21(30)19-13-26-28(18-9-7-17(24)8-10-18)22(19)27-11-1-2-12-27/h1-13,20,29H,14H2,(H,25,30). The van der Waals surface area contributed by atoms with E-state index in [0.29, 0.717) is 27.7 Å². The average Bonchev–Trinajstić information content (AvgIpc) is 3.42. The van der Waals surface area contributed by atoms with E-state index < -0.39 is 6.10 Å². The van der Waals surface area contributed by atoms with Crippen LogP contribution in [0.5, 0.6) is 0 Å². The molecule has 152 valence electrons. The summed E-state index contributed by atoms with van der Waals surface area (Å²) < 4.78 is 16.6. The lowest BCUT2D eigenvalue weighted by Crippen LogP contribution is -2.29. The van der Waals surface area contributed by atoms with Gasteiger partial charge in [0.2, 0.25) is 0 Å². The minimum atomic E-state index is -0.881. The summed E-state index contributed by atoms with van der Waals surface area (Å²) in [6.07, 6.45) is 4.14. The van der Waals surface area contributed by atoms with Crippen LogP contribution in [0.25, 0.3) is 11.5 Å². The Kier molecular flexibility index (Phi) is 5.65. The predicted molar refractivity (Wildman–Crippen MR) is 112 cm³/mol. The van der Waals surface area contributed by atoms with Gasteiger partial charge in [0.15, 0.2) is 5.82 Å². The van der Waals surface area contributed by atoms with Gasteiger partial charge in [-0.1, -0.05) is 23.7 Å². The number of aliphatic hydroxyl groups is 1. The molecule has 6 nitrogen and oxygen atoms in total.